The van der Waals surface area contributed by atoms with Gasteiger partial charge in [0.05, 0.1) is 53.3 Å². The molecule has 264 valence electrons. The van der Waals surface area contributed by atoms with Gasteiger partial charge < -0.3 is 23.7 Å². The molecule has 0 bridgehead atoms. The number of allylic oxidation sites excluding steroid dienone is 1. The number of esters is 1. The number of aromatic nitrogens is 1. The molecular formula is C40H39ClN2O7S. The second-order valence-electron chi connectivity index (χ2n) is 12.1. The van der Waals surface area contributed by atoms with E-state index in [1.165, 1.54) is 15.9 Å². The Labute approximate surface area is 305 Å². The maximum atomic E-state index is 14.3. The summed E-state index contributed by atoms with van der Waals surface area (Å²) in [5.74, 6) is 1.35. The summed E-state index contributed by atoms with van der Waals surface area (Å²) < 4.78 is 31.2. The lowest BCUT2D eigenvalue weighted by Crippen LogP contribution is -2.40. The minimum atomic E-state index is -0.822. The number of methoxy groups -OCH3 is 1. The molecule has 0 amide bonds. The average Bonchev–Trinajstić information content (AvgIpc) is 3.40. The first-order valence-corrected chi connectivity index (χ1v) is 17.9. The fraction of sp³-hybridized carbons (Fsp3) is 0.275. The van der Waals surface area contributed by atoms with Crippen LogP contribution < -0.4 is 33.8 Å². The van der Waals surface area contributed by atoms with Crippen LogP contribution in [-0.4, -0.2) is 37.0 Å². The number of thiazole rings is 1. The van der Waals surface area contributed by atoms with Crippen molar-refractivity contribution in [2.24, 2.45) is 4.99 Å². The Kier molecular flexibility index (Phi) is 10.8. The van der Waals surface area contributed by atoms with Crippen LogP contribution in [0.3, 0.4) is 0 Å². The molecule has 0 N–H and O–H groups in total. The van der Waals surface area contributed by atoms with Gasteiger partial charge in [-0.25, -0.2) is 9.79 Å². The summed E-state index contributed by atoms with van der Waals surface area (Å²) in [6.45, 7) is 10.1. The number of nitrogens with zero attached hydrogens (tertiary/aromatic N) is 2. The number of halogens is 1. The van der Waals surface area contributed by atoms with Gasteiger partial charge in [-0.1, -0.05) is 71.5 Å². The van der Waals surface area contributed by atoms with Crippen molar-refractivity contribution in [3.63, 3.8) is 0 Å². The molecule has 0 fully saturated rings. The smallest absolute Gasteiger partial charge is 0.338 e. The molecule has 0 saturated carbocycles. The van der Waals surface area contributed by atoms with Crippen LogP contribution >= 0.6 is 22.9 Å². The lowest BCUT2D eigenvalue weighted by Gasteiger charge is -2.25. The molecule has 4 aromatic carbocycles. The molecule has 5 aromatic rings. The van der Waals surface area contributed by atoms with Crippen LogP contribution in [0.2, 0.25) is 5.02 Å². The Hall–Kier alpha value is -5.06. The van der Waals surface area contributed by atoms with Crippen LogP contribution in [0.25, 0.3) is 16.8 Å². The molecule has 2 heterocycles. The Bertz CT molecular complexity index is 2320. The molecule has 11 heteroatoms. The van der Waals surface area contributed by atoms with E-state index in [1.54, 1.807) is 51.3 Å². The SMILES string of the molecule is CCOC(=O)C1=C(C)N=c2s/c(=C\c3cc(Cl)c(OCc4cccc5ccccc45)c(OCC)c3)c(=O)n2[C@H]1c1ccc(OC(C)C)c(OC)c1. The van der Waals surface area contributed by atoms with Gasteiger partial charge in [-0.15, -0.1) is 0 Å². The van der Waals surface area contributed by atoms with Crippen LogP contribution in [0.1, 0.15) is 57.4 Å². The van der Waals surface area contributed by atoms with E-state index < -0.39 is 12.0 Å². The topological polar surface area (TPSA) is 97.6 Å². The quantitative estimate of drug-likeness (QED) is 0.124. The number of ether oxygens (including phenoxy) is 5. The fourth-order valence-corrected chi connectivity index (χ4v) is 7.43. The zero-order valence-electron chi connectivity index (χ0n) is 29.3. The highest BCUT2D eigenvalue weighted by molar-refractivity contribution is 7.07. The fourth-order valence-electron chi connectivity index (χ4n) is 6.11. The summed E-state index contributed by atoms with van der Waals surface area (Å²) in [6, 6.07) is 22.3. The standard InChI is InChI=1S/C40H39ClN2O7S/c1-7-47-33-19-25(18-30(41)37(33)49-22-28-14-11-13-26-12-9-10-15-29(26)28)20-34-38(44)43-36(27-16-17-31(50-23(3)4)32(21-27)46-6)35(39(45)48-8-2)24(5)42-40(43)51-34/h9-21,23,36H,7-8,22H2,1-6H3/b34-20-/t36-/m0/s1. The summed E-state index contributed by atoms with van der Waals surface area (Å²) in [5.41, 5.74) is 2.70. The number of rotatable bonds is 12. The van der Waals surface area contributed by atoms with Crippen molar-refractivity contribution in [3.05, 3.63) is 125 Å². The molecule has 1 aliphatic heterocycles. The van der Waals surface area contributed by atoms with Crippen molar-refractivity contribution in [1.29, 1.82) is 0 Å². The minimum absolute atomic E-state index is 0.0822. The van der Waals surface area contributed by atoms with Gasteiger partial charge in [0.1, 0.15) is 6.61 Å². The van der Waals surface area contributed by atoms with E-state index >= 15 is 0 Å². The monoisotopic (exact) mass is 726 g/mol. The first-order valence-electron chi connectivity index (χ1n) is 16.7. The first kappa shape index (κ1) is 35.8. The van der Waals surface area contributed by atoms with Crippen molar-refractivity contribution >= 4 is 45.8 Å². The van der Waals surface area contributed by atoms with Crippen LogP contribution in [0.4, 0.5) is 0 Å². The van der Waals surface area contributed by atoms with Crippen LogP contribution in [-0.2, 0) is 16.1 Å². The first-order chi connectivity index (χ1) is 24.6. The summed E-state index contributed by atoms with van der Waals surface area (Å²) in [6.07, 6.45) is 1.66. The average molecular weight is 727 g/mol. The molecule has 0 spiro atoms. The summed E-state index contributed by atoms with van der Waals surface area (Å²) in [7, 11) is 1.55. The molecular weight excluding hydrogens is 688 g/mol. The molecule has 1 aromatic heterocycles. The van der Waals surface area contributed by atoms with E-state index in [0.717, 1.165) is 16.3 Å². The number of fused-ring (bicyclic) bond motifs is 2. The summed E-state index contributed by atoms with van der Waals surface area (Å²) in [5, 5.41) is 2.56. The molecule has 0 saturated heterocycles. The summed E-state index contributed by atoms with van der Waals surface area (Å²) >= 11 is 8.05. The van der Waals surface area contributed by atoms with Gasteiger partial charge in [-0.3, -0.25) is 9.36 Å². The second-order valence-corrected chi connectivity index (χ2v) is 13.5. The maximum Gasteiger partial charge on any atom is 0.338 e. The van der Waals surface area contributed by atoms with Crippen LogP contribution in [0.15, 0.2) is 93.9 Å². The van der Waals surface area contributed by atoms with E-state index in [2.05, 4.69) is 18.2 Å². The predicted octanol–water partition coefficient (Wildman–Crippen LogP) is 7.38. The molecule has 0 radical (unpaired) electrons. The molecule has 1 atom stereocenters. The molecule has 51 heavy (non-hydrogen) atoms. The number of benzene rings is 4. The maximum absolute atomic E-state index is 14.3. The van der Waals surface area contributed by atoms with E-state index in [0.29, 0.717) is 60.8 Å². The van der Waals surface area contributed by atoms with Gasteiger partial charge in [0, 0.05) is 0 Å². The van der Waals surface area contributed by atoms with E-state index in [4.69, 9.17) is 40.3 Å². The number of carbonyl (C=O) groups is 1. The van der Waals surface area contributed by atoms with Gasteiger partial charge in [0.25, 0.3) is 5.56 Å². The van der Waals surface area contributed by atoms with Gasteiger partial charge in [-0.2, -0.15) is 0 Å². The van der Waals surface area contributed by atoms with Crippen LogP contribution in [0.5, 0.6) is 23.0 Å². The van der Waals surface area contributed by atoms with Gasteiger partial charge in [-0.05, 0) is 92.4 Å². The third kappa shape index (κ3) is 7.38. The highest BCUT2D eigenvalue weighted by Gasteiger charge is 2.34. The third-order valence-electron chi connectivity index (χ3n) is 8.26. The zero-order valence-corrected chi connectivity index (χ0v) is 30.9. The molecule has 0 aliphatic carbocycles. The predicted molar refractivity (Wildman–Crippen MR) is 200 cm³/mol. The van der Waals surface area contributed by atoms with Gasteiger partial charge in [0.2, 0.25) is 0 Å². The molecule has 6 rings (SSSR count). The lowest BCUT2D eigenvalue weighted by molar-refractivity contribution is -0.139. The van der Waals surface area contributed by atoms with Gasteiger partial charge >= 0.3 is 5.97 Å². The minimum Gasteiger partial charge on any atom is -0.493 e. The Morgan fingerprint density at radius 3 is 2.51 bits per heavy atom. The summed E-state index contributed by atoms with van der Waals surface area (Å²) in [4.78, 5) is 32.8. The van der Waals surface area contributed by atoms with E-state index in [9.17, 15) is 9.59 Å². The van der Waals surface area contributed by atoms with Crippen molar-refractivity contribution in [1.82, 2.24) is 4.57 Å². The van der Waals surface area contributed by atoms with Crippen molar-refractivity contribution in [2.75, 3.05) is 20.3 Å². The molecule has 0 unspecified atom stereocenters. The Morgan fingerprint density at radius 2 is 1.76 bits per heavy atom. The lowest BCUT2D eigenvalue weighted by atomic mass is 9.95. The molecule has 1 aliphatic rings. The zero-order chi connectivity index (χ0) is 36.2. The normalized spacial score (nSPS) is 14.4. The number of carbonyl (C=O) groups excluding carboxylic acids is 1. The van der Waals surface area contributed by atoms with Crippen LogP contribution in [0, 0.1) is 0 Å². The highest BCUT2D eigenvalue weighted by atomic mass is 35.5. The van der Waals surface area contributed by atoms with E-state index in [-0.39, 0.29) is 30.5 Å². The van der Waals surface area contributed by atoms with Crippen molar-refractivity contribution in [2.45, 2.75) is 53.4 Å². The van der Waals surface area contributed by atoms with Gasteiger partial charge in [0.15, 0.2) is 27.8 Å². The van der Waals surface area contributed by atoms with Crippen molar-refractivity contribution < 1.29 is 28.5 Å². The van der Waals surface area contributed by atoms with E-state index in [1.807, 2.05) is 51.1 Å². The second kappa shape index (κ2) is 15.4. The molecule has 9 nitrogen and oxygen atoms in total. The van der Waals surface area contributed by atoms with Crippen molar-refractivity contribution in [3.8, 4) is 23.0 Å². The Morgan fingerprint density at radius 1 is 0.980 bits per heavy atom. The largest absolute Gasteiger partial charge is 0.493 e. The number of hydrogen-bond donors (Lipinski definition) is 0. The number of hydrogen-bond acceptors (Lipinski definition) is 9. The third-order valence-corrected chi connectivity index (χ3v) is 9.53. The Balaban J connectivity index is 1.42. The highest BCUT2D eigenvalue weighted by Crippen LogP contribution is 2.39.